The number of rotatable bonds is 6. The van der Waals surface area contributed by atoms with Crippen LogP contribution < -0.4 is 5.32 Å². The molecule has 0 radical (unpaired) electrons. The van der Waals surface area contributed by atoms with Crippen LogP contribution in [-0.4, -0.2) is 52.3 Å². The smallest absolute Gasteiger partial charge is 0.257 e. The van der Waals surface area contributed by atoms with E-state index in [1.807, 2.05) is 60.6 Å². The van der Waals surface area contributed by atoms with Gasteiger partial charge in [0.05, 0.1) is 11.3 Å². The minimum atomic E-state index is 0. The molecular formula is C23H29Cl2N5O. The molecule has 1 aliphatic rings. The van der Waals surface area contributed by atoms with E-state index in [0.29, 0.717) is 17.2 Å². The summed E-state index contributed by atoms with van der Waals surface area (Å²) >= 11 is 0. The molecule has 3 heterocycles. The molecule has 4 rings (SSSR count). The Morgan fingerprint density at radius 2 is 1.84 bits per heavy atom. The molecule has 0 aliphatic carbocycles. The minimum Gasteiger partial charge on any atom is -0.339 e. The van der Waals surface area contributed by atoms with E-state index in [0.717, 1.165) is 43.7 Å². The summed E-state index contributed by atoms with van der Waals surface area (Å²) in [6.07, 6.45) is 8.64. The molecule has 6 nitrogen and oxygen atoms in total. The van der Waals surface area contributed by atoms with Crippen molar-refractivity contribution in [3.05, 3.63) is 66.6 Å². The van der Waals surface area contributed by atoms with Crippen LogP contribution in [0, 0.1) is 5.92 Å². The topological polar surface area (TPSA) is 63.1 Å². The second-order valence-electron chi connectivity index (χ2n) is 7.54. The molecule has 0 bridgehead atoms. The highest BCUT2D eigenvalue weighted by atomic mass is 35.5. The first-order valence-corrected chi connectivity index (χ1v) is 10.3. The predicted molar refractivity (Wildman–Crippen MR) is 128 cm³/mol. The first-order valence-electron chi connectivity index (χ1n) is 10.3. The van der Waals surface area contributed by atoms with Crippen LogP contribution in [0.25, 0.3) is 16.9 Å². The van der Waals surface area contributed by atoms with Crippen LogP contribution in [0.5, 0.6) is 0 Å². The van der Waals surface area contributed by atoms with E-state index < -0.39 is 0 Å². The standard InChI is InChI=1S/C23H27N5O.2ClH/c1-24-13-9-18-10-14-27(15-11-18)23(29)21-17-28(20-7-3-2-4-8-20)26-22(21)19-6-5-12-25-16-19;;/h2-8,12,16-18,24H,9-11,13-15H2,1H3;2*1H. The lowest BCUT2D eigenvalue weighted by atomic mass is 9.93. The molecule has 31 heavy (non-hydrogen) atoms. The predicted octanol–water partition coefficient (Wildman–Crippen LogP) is 4.24. The van der Waals surface area contributed by atoms with Gasteiger partial charge in [-0.1, -0.05) is 18.2 Å². The highest BCUT2D eigenvalue weighted by Crippen LogP contribution is 2.27. The number of aromatic nitrogens is 3. The molecule has 1 amide bonds. The van der Waals surface area contributed by atoms with Gasteiger partial charge in [0, 0.05) is 37.2 Å². The number of nitrogens with one attached hydrogen (secondary N) is 1. The van der Waals surface area contributed by atoms with Crippen molar-refractivity contribution >= 4 is 30.7 Å². The Morgan fingerprint density at radius 3 is 2.48 bits per heavy atom. The van der Waals surface area contributed by atoms with E-state index >= 15 is 0 Å². The summed E-state index contributed by atoms with van der Waals surface area (Å²) in [6, 6.07) is 13.7. The first kappa shape index (κ1) is 24.9. The molecule has 1 aromatic carbocycles. The van der Waals surface area contributed by atoms with Gasteiger partial charge in [-0.25, -0.2) is 4.68 Å². The fourth-order valence-corrected chi connectivity index (χ4v) is 3.90. The van der Waals surface area contributed by atoms with Crippen LogP contribution in [0.4, 0.5) is 0 Å². The van der Waals surface area contributed by atoms with Crippen LogP contribution in [-0.2, 0) is 0 Å². The van der Waals surface area contributed by atoms with Crippen molar-refractivity contribution in [2.45, 2.75) is 19.3 Å². The molecule has 0 saturated carbocycles. The summed E-state index contributed by atoms with van der Waals surface area (Å²) in [5, 5.41) is 7.96. The van der Waals surface area contributed by atoms with Crippen LogP contribution in [0.1, 0.15) is 29.6 Å². The lowest BCUT2D eigenvalue weighted by Crippen LogP contribution is -2.39. The number of amides is 1. The fourth-order valence-electron chi connectivity index (χ4n) is 3.90. The summed E-state index contributed by atoms with van der Waals surface area (Å²) in [5.41, 5.74) is 3.11. The third-order valence-corrected chi connectivity index (χ3v) is 5.60. The van der Waals surface area contributed by atoms with E-state index in [-0.39, 0.29) is 30.7 Å². The molecule has 0 unspecified atom stereocenters. The van der Waals surface area contributed by atoms with Crippen molar-refractivity contribution in [1.82, 2.24) is 25.0 Å². The maximum Gasteiger partial charge on any atom is 0.257 e. The van der Waals surface area contributed by atoms with Gasteiger partial charge in [-0.15, -0.1) is 24.8 Å². The summed E-state index contributed by atoms with van der Waals surface area (Å²) < 4.78 is 1.79. The summed E-state index contributed by atoms with van der Waals surface area (Å²) in [7, 11) is 1.99. The quantitative estimate of drug-likeness (QED) is 0.595. The second-order valence-corrected chi connectivity index (χ2v) is 7.54. The van der Waals surface area contributed by atoms with Crippen molar-refractivity contribution in [3.63, 3.8) is 0 Å². The number of likely N-dealkylation sites (tertiary alicyclic amines) is 1. The average molecular weight is 462 g/mol. The molecule has 0 spiro atoms. The zero-order chi connectivity index (χ0) is 20.1. The van der Waals surface area contributed by atoms with Crippen LogP contribution in [0.2, 0.25) is 0 Å². The van der Waals surface area contributed by atoms with Gasteiger partial charge < -0.3 is 10.2 Å². The third-order valence-electron chi connectivity index (χ3n) is 5.60. The van der Waals surface area contributed by atoms with Gasteiger partial charge in [-0.3, -0.25) is 9.78 Å². The highest BCUT2D eigenvalue weighted by Gasteiger charge is 2.27. The van der Waals surface area contributed by atoms with Gasteiger partial charge in [0.2, 0.25) is 0 Å². The molecular weight excluding hydrogens is 433 g/mol. The van der Waals surface area contributed by atoms with Crippen LogP contribution >= 0.6 is 24.8 Å². The molecule has 1 fully saturated rings. The molecule has 1 aliphatic heterocycles. The van der Waals surface area contributed by atoms with E-state index in [4.69, 9.17) is 5.10 Å². The Balaban J connectivity index is 0.00000171. The van der Waals surface area contributed by atoms with Crippen LogP contribution in [0.15, 0.2) is 61.1 Å². The van der Waals surface area contributed by atoms with Crippen molar-refractivity contribution < 1.29 is 4.79 Å². The molecule has 8 heteroatoms. The number of halogens is 2. The minimum absolute atomic E-state index is 0. The zero-order valence-corrected chi connectivity index (χ0v) is 19.2. The number of nitrogens with zero attached hydrogens (tertiary/aromatic N) is 4. The monoisotopic (exact) mass is 461 g/mol. The van der Waals surface area contributed by atoms with Crippen molar-refractivity contribution in [3.8, 4) is 16.9 Å². The number of benzene rings is 1. The summed E-state index contributed by atoms with van der Waals surface area (Å²) in [6.45, 7) is 2.64. The number of hydrogen-bond donors (Lipinski definition) is 1. The van der Waals surface area contributed by atoms with E-state index in [1.54, 1.807) is 17.1 Å². The first-order chi connectivity index (χ1) is 14.3. The molecule has 166 valence electrons. The Kier molecular flexibility index (Phi) is 9.49. The number of para-hydroxylation sites is 1. The van der Waals surface area contributed by atoms with E-state index in [1.165, 1.54) is 6.42 Å². The van der Waals surface area contributed by atoms with E-state index in [9.17, 15) is 4.79 Å². The van der Waals surface area contributed by atoms with Gasteiger partial charge >= 0.3 is 0 Å². The SMILES string of the molecule is CNCCC1CCN(C(=O)c2cn(-c3ccccc3)nc2-c2cccnc2)CC1.Cl.Cl. The molecule has 1 saturated heterocycles. The Hall–Kier alpha value is -2.41. The third kappa shape index (κ3) is 5.85. The van der Waals surface area contributed by atoms with Gasteiger partial charge in [0.1, 0.15) is 5.69 Å². The number of carbonyl (C=O) groups is 1. The number of carbonyl (C=O) groups excluding carboxylic acids is 1. The molecule has 1 N–H and O–H groups in total. The van der Waals surface area contributed by atoms with Crippen LogP contribution in [0.3, 0.4) is 0 Å². The highest BCUT2D eigenvalue weighted by molar-refractivity contribution is 6.00. The molecule has 2 aromatic heterocycles. The molecule has 3 aromatic rings. The second kappa shape index (κ2) is 11.8. The largest absolute Gasteiger partial charge is 0.339 e. The van der Waals surface area contributed by atoms with Gasteiger partial charge in [-0.2, -0.15) is 5.10 Å². The molecule has 0 atom stereocenters. The average Bonchev–Trinajstić information content (AvgIpc) is 3.24. The Labute approximate surface area is 195 Å². The summed E-state index contributed by atoms with van der Waals surface area (Å²) in [5.74, 6) is 0.745. The number of pyridine rings is 1. The van der Waals surface area contributed by atoms with Crippen molar-refractivity contribution in [2.24, 2.45) is 5.92 Å². The summed E-state index contributed by atoms with van der Waals surface area (Å²) in [4.78, 5) is 19.6. The van der Waals surface area contributed by atoms with Gasteiger partial charge in [0.15, 0.2) is 0 Å². The lowest BCUT2D eigenvalue weighted by Gasteiger charge is -2.32. The van der Waals surface area contributed by atoms with Gasteiger partial charge in [-0.05, 0) is 63.0 Å². The fraction of sp³-hybridized carbons (Fsp3) is 0.348. The van der Waals surface area contributed by atoms with Gasteiger partial charge in [0.25, 0.3) is 5.91 Å². The van der Waals surface area contributed by atoms with Crippen molar-refractivity contribution in [1.29, 1.82) is 0 Å². The van der Waals surface area contributed by atoms with E-state index in [2.05, 4.69) is 10.3 Å². The maximum atomic E-state index is 13.4. The lowest BCUT2D eigenvalue weighted by molar-refractivity contribution is 0.0688. The zero-order valence-electron chi connectivity index (χ0n) is 17.6. The number of piperidine rings is 1. The van der Waals surface area contributed by atoms with Crippen molar-refractivity contribution in [2.75, 3.05) is 26.7 Å². The maximum absolute atomic E-state index is 13.4. The Bertz CT molecular complexity index is 941. The number of hydrogen-bond acceptors (Lipinski definition) is 4. The normalized spacial score (nSPS) is 13.9. The Morgan fingerprint density at radius 1 is 1.10 bits per heavy atom.